The van der Waals surface area contributed by atoms with Gasteiger partial charge in [-0.1, -0.05) is 18.2 Å². The van der Waals surface area contributed by atoms with Gasteiger partial charge in [-0.15, -0.1) is 0 Å². The highest BCUT2D eigenvalue weighted by molar-refractivity contribution is 5.74. The molecule has 0 saturated carbocycles. The Morgan fingerprint density at radius 1 is 1.37 bits per heavy atom. The van der Waals surface area contributed by atoms with Crippen molar-refractivity contribution < 1.29 is 4.79 Å². The average Bonchev–Trinajstić information content (AvgIpc) is 2.89. The lowest BCUT2D eigenvalue weighted by Crippen LogP contribution is -2.39. The van der Waals surface area contributed by atoms with Crippen molar-refractivity contribution >= 4 is 6.03 Å². The summed E-state index contributed by atoms with van der Waals surface area (Å²) >= 11 is 0. The Morgan fingerprint density at radius 2 is 2.16 bits per heavy atom. The van der Waals surface area contributed by atoms with E-state index in [4.69, 9.17) is 0 Å². The van der Waals surface area contributed by atoms with Gasteiger partial charge in [0.25, 0.3) is 0 Å². The second-order valence-corrected chi connectivity index (χ2v) is 4.58. The highest BCUT2D eigenvalue weighted by atomic mass is 16.2. The summed E-state index contributed by atoms with van der Waals surface area (Å²) in [4.78, 5) is 15.6. The van der Waals surface area contributed by atoms with Crippen molar-refractivity contribution in [2.75, 3.05) is 0 Å². The van der Waals surface area contributed by atoms with Crippen LogP contribution in [0.3, 0.4) is 0 Å². The predicted octanol–water partition coefficient (Wildman–Crippen LogP) is 2.08. The third kappa shape index (κ3) is 3.58. The summed E-state index contributed by atoms with van der Waals surface area (Å²) in [5.41, 5.74) is 2.06. The molecule has 1 aromatic carbocycles. The summed E-state index contributed by atoms with van der Waals surface area (Å²) in [6, 6.07) is 7.88. The molecule has 0 saturated heterocycles. The Morgan fingerprint density at radius 3 is 2.84 bits per heavy atom. The largest absolute Gasteiger partial charge is 0.336 e. The van der Waals surface area contributed by atoms with Crippen molar-refractivity contribution in [3.05, 3.63) is 48.5 Å². The molecule has 0 aliphatic rings. The molecule has 2 amide bonds. The van der Waals surface area contributed by atoms with Crippen LogP contribution in [0.2, 0.25) is 0 Å². The first kappa shape index (κ1) is 13.1. The molecule has 5 heteroatoms. The number of para-hydroxylation sites is 1. The molecule has 0 radical (unpaired) electrons. The Labute approximate surface area is 112 Å². The number of carbonyl (C=O) groups is 1. The Bertz CT molecular complexity index is 534. The molecule has 100 valence electrons. The number of urea groups is 1. The van der Waals surface area contributed by atoms with Crippen LogP contribution in [0.4, 0.5) is 4.79 Å². The van der Waals surface area contributed by atoms with E-state index in [-0.39, 0.29) is 12.1 Å². The zero-order valence-electron chi connectivity index (χ0n) is 11.1. The minimum absolute atomic E-state index is 0.129. The van der Waals surface area contributed by atoms with E-state index in [0.717, 1.165) is 11.3 Å². The number of imidazole rings is 1. The van der Waals surface area contributed by atoms with Crippen LogP contribution in [-0.2, 0) is 6.54 Å². The van der Waals surface area contributed by atoms with E-state index < -0.39 is 0 Å². The van der Waals surface area contributed by atoms with Crippen LogP contribution >= 0.6 is 0 Å². The molecule has 19 heavy (non-hydrogen) atoms. The van der Waals surface area contributed by atoms with E-state index in [1.165, 1.54) is 0 Å². The molecule has 1 aromatic heterocycles. The van der Waals surface area contributed by atoms with Gasteiger partial charge < -0.3 is 15.2 Å². The molecule has 0 aliphatic carbocycles. The van der Waals surface area contributed by atoms with E-state index in [2.05, 4.69) is 15.6 Å². The Kier molecular flexibility index (Phi) is 4.18. The maximum atomic E-state index is 11.6. The Balaban J connectivity index is 2.07. The second kappa shape index (κ2) is 6.04. The van der Waals surface area contributed by atoms with Gasteiger partial charge in [0.1, 0.15) is 0 Å². The van der Waals surface area contributed by atoms with Crippen molar-refractivity contribution in [2.45, 2.75) is 26.4 Å². The fourth-order valence-corrected chi connectivity index (χ4v) is 1.80. The minimum atomic E-state index is -0.157. The summed E-state index contributed by atoms with van der Waals surface area (Å²) < 4.78 is 1.93. The normalized spacial score (nSPS) is 10.5. The number of hydrogen-bond acceptors (Lipinski definition) is 2. The van der Waals surface area contributed by atoms with Gasteiger partial charge in [0, 0.05) is 25.0 Å². The number of amides is 2. The van der Waals surface area contributed by atoms with E-state index >= 15 is 0 Å². The molecular weight excluding hydrogens is 240 g/mol. The van der Waals surface area contributed by atoms with Gasteiger partial charge in [0.05, 0.1) is 12.0 Å². The number of aromatic nitrogens is 2. The fraction of sp³-hybridized carbons (Fsp3) is 0.286. The lowest BCUT2D eigenvalue weighted by Gasteiger charge is -2.13. The summed E-state index contributed by atoms with van der Waals surface area (Å²) in [5.74, 6) is 0. The number of carbonyl (C=O) groups excluding carboxylic acids is 1. The van der Waals surface area contributed by atoms with Gasteiger partial charge in [0.15, 0.2) is 0 Å². The summed E-state index contributed by atoms with van der Waals surface area (Å²) in [6.45, 7) is 4.34. The van der Waals surface area contributed by atoms with Gasteiger partial charge in [-0.25, -0.2) is 9.78 Å². The van der Waals surface area contributed by atoms with Crippen LogP contribution in [-0.4, -0.2) is 21.6 Å². The molecule has 0 unspecified atom stereocenters. The van der Waals surface area contributed by atoms with Crippen LogP contribution in [0.5, 0.6) is 0 Å². The monoisotopic (exact) mass is 258 g/mol. The second-order valence-electron chi connectivity index (χ2n) is 4.58. The molecule has 0 fully saturated rings. The number of benzene rings is 1. The van der Waals surface area contributed by atoms with E-state index in [0.29, 0.717) is 6.54 Å². The van der Waals surface area contributed by atoms with Gasteiger partial charge in [0.2, 0.25) is 0 Å². The fourth-order valence-electron chi connectivity index (χ4n) is 1.80. The lowest BCUT2D eigenvalue weighted by atomic mass is 10.1. The van der Waals surface area contributed by atoms with Gasteiger partial charge in [-0.05, 0) is 25.5 Å². The molecule has 5 nitrogen and oxygen atoms in total. The first-order valence-corrected chi connectivity index (χ1v) is 6.27. The first-order valence-electron chi connectivity index (χ1n) is 6.27. The highest BCUT2D eigenvalue weighted by Gasteiger charge is 2.06. The van der Waals surface area contributed by atoms with Crippen molar-refractivity contribution in [1.29, 1.82) is 0 Å². The standard InChI is InChI=1S/C14H18N4O/c1-11(2)17-14(19)16-9-12-5-3-4-6-13(12)18-8-7-15-10-18/h3-8,10-11H,9H2,1-2H3,(H2,16,17,19). The molecule has 0 atom stereocenters. The smallest absolute Gasteiger partial charge is 0.315 e. The van der Waals surface area contributed by atoms with Crippen LogP contribution in [0, 0.1) is 0 Å². The molecule has 2 rings (SSSR count). The van der Waals surface area contributed by atoms with Crippen LogP contribution in [0.1, 0.15) is 19.4 Å². The molecule has 0 aliphatic heterocycles. The topological polar surface area (TPSA) is 59.0 Å². The lowest BCUT2D eigenvalue weighted by molar-refractivity contribution is 0.238. The molecule has 1 heterocycles. The number of rotatable bonds is 4. The minimum Gasteiger partial charge on any atom is -0.336 e. The number of hydrogen-bond donors (Lipinski definition) is 2. The Hall–Kier alpha value is -2.30. The maximum Gasteiger partial charge on any atom is 0.315 e. The SMILES string of the molecule is CC(C)NC(=O)NCc1ccccc1-n1ccnc1. The van der Waals surface area contributed by atoms with Crippen molar-refractivity contribution in [2.24, 2.45) is 0 Å². The van der Waals surface area contributed by atoms with Crippen molar-refractivity contribution in [1.82, 2.24) is 20.2 Å². The quantitative estimate of drug-likeness (QED) is 0.882. The first-order chi connectivity index (χ1) is 9.16. The maximum absolute atomic E-state index is 11.6. The summed E-state index contributed by atoms with van der Waals surface area (Å²) in [7, 11) is 0. The average molecular weight is 258 g/mol. The zero-order valence-corrected chi connectivity index (χ0v) is 11.1. The van der Waals surface area contributed by atoms with E-state index in [1.54, 1.807) is 12.5 Å². The molecular formula is C14H18N4O. The van der Waals surface area contributed by atoms with Crippen LogP contribution in [0.25, 0.3) is 5.69 Å². The van der Waals surface area contributed by atoms with E-state index in [9.17, 15) is 4.79 Å². The molecule has 0 bridgehead atoms. The van der Waals surface area contributed by atoms with Gasteiger partial charge in [-0.2, -0.15) is 0 Å². The molecule has 2 aromatic rings. The number of nitrogens with zero attached hydrogens (tertiary/aromatic N) is 2. The zero-order chi connectivity index (χ0) is 13.7. The summed E-state index contributed by atoms with van der Waals surface area (Å²) in [6.07, 6.45) is 5.36. The molecule has 0 spiro atoms. The van der Waals surface area contributed by atoms with Crippen molar-refractivity contribution in [3.8, 4) is 5.69 Å². The highest BCUT2D eigenvalue weighted by Crippen LogP contribution is 2.13. The van der Waals surface area contributed by atoms with Crippen molar-refractivity contribution in [3.63, 3.8) is 0 Å². The summed E-state index contributed by atoms with van der Waals surface area (Å²) in [5, 5.41) is 5.65. The third-order valence-electron chi connectivity index (χ3n) is 2.63. The van der Waals surface area contributed by atoms with Gasteiger partial charge >= 0.3 is 6.03 Å². The van der Waals surface area contributed by atoms with Crippen LogP contribution < -0.4 is 10.6 Å². The predicted molar refractivity (Wildman–Crippen MR) is 74.1 cm³/mol. The van der Waals surface area contributed by atoms with E-state index in [1.807, 2.05) is 48.9 Å². The number of nitrogens with one attached hydrogen (secondary N) is 2. The van der Waals surface area contributed by atoms with Gasteiger partial charge in [-0.3, -0.25) is 0 Å². The molecule has 2 N–H and O–H groups in total. The van der Waals surface area contributed by atoms with Crippen LogP contribution in [0.15, 0.2) is 43.0 Å². The third-order valence-corrected chi connectivity index (χ3v) is 2.63.